The second-order valence-electron chi connectivity index (χ2n) is 9.63. The van der Waals surface area contributed by atoms with Crippen molar-refractivity contribution in [2.45, 2.75) is 65.1 Å². The Morgan fingerprint density at radius 2 is 1.69 bits per heavy atom. The molecule has 0 saturated carbocycles. The summed E-state index contributed by atoms with van der Waals surface area (Å²) in [7, 11) is 0. The lowest BCUT2D eigenvalue weighted by Crippen LogP contribution is -2.40. The van der Waals surface area contributed by atoms with Gasteiger partial charge in [0, 0.05) is 35.0 Å². The molecule has 1 N–H and O–H groups in total. The van der Waals surface area contributed by atoms with Crippen molar-refractivity contribution in [1.29, 1.82) is 0 Å². The molecule has 3 aromatic rings. The predicted octanol–water partition coefficient (Wildman–Crippen LogP) is 7.10. The van der Waals surface area contributed by atoms with Gasteiger partial charge in [0.05, 0.1) is 11.6 Å². The predicted molar refractivity (Wildman–Crippen MR) is 127 cm³/mol. The molecule has 1 unspecified atom stereocenters. The Morgan fingerprint density at radius 3 is 2.28 bits per heavy atom. The van der Waals surface area contributed by atoms with Crippen molar-refractivity contribution in [3.63, 3.8) is 0 Å². The largest absolute Gasteiger partial charge is 0.598 e. The molecule has 0 saturated heterocycles. The minimum absolute atomic E-state index is 0.167. The second kappa shape index (κ2) is 9.12. The van der Waals surface area contributed by atoms with Crippen LogP contribution in [0, 0.1) is 5.92 Å². The normalized spacial score (nSPS) is 14.8. The van der Waals surface area contributed by atoms with Crippen LogP contribution < -0.4 is 4.72 Å². The zero-order valence-electron chi connectivity index (χ0n) is 19.4. The number of rotatable bonds is 6. The molecule has 0 aliphatic rings. The first-order valence-corrected chi connectivity index (χ1v) is 11.9. The van der Waals surface area contributed by atoms with Crippen LogP contribution in [0.25, 0.3) is 22.0 Å². The first-order chi connectivity index (χ1) is 14.8. The van der Waals surface area contributed by atoms with Crippen LogP contribution in [0.4, 0.5) is 13.2 Å². The quantitative estimate of drug-likeness (QED) is 0.395. The Labute approximate surface area is 191 Å². The fourth-order valence-electron chi connectivity index (χ4n) is 3.76. The summed E-state index contributed by atoms with van der Waals surface area (Å²) in [6, 6.07) is 10.9. The summed E-state index contributed by atoms with van der Waals surface area (Å²) >= 11 is -1.24. The molecular weight excluding hydrogens is 433 g/mol. The molecule has 1 aromatic heterocycles. The maximum atomic E-state index is 13.6. The average molecular weight is 465 g/mol. The molecule has 0 bridgehead atoms. The Hall–Kier alpha value is -1.96. The molecule has 2 aromatic carbocycles. The van der Waals surface area contributed by atoms with Crippen LogP contribution in [-0.4, -0.2) is 13.9 Å². The number of benzene rings is 2. The maximum Gasteiger partial charge on any atom is 0.417 e. The monoisotopic (exact) mass is 464 g/mol. The van der Waals surface area contributed by atoms with E-state index in [-0.39, 0.29) is 11.6 Å². The summed E-state index contributed by atoms with van der Waals surface area (Å²) in [5.41, 5.74) is 1.91. The smallest absolute Gasteiger partial charge is 0.417 e. The highest BCUT2D eigenvalue weighted by molar-refractivity contribution is 7.90. The zero-order chi connectivity index (χ0) is 23.8. The van der Waals surface area contributed by atoms with E-state index in [4.69, 9.17) is 0 Å². The van der Waals surface area contributed by atoms with Crippen LogP contribution in [0.1, 0.15) is 58.7 Å². The van der Waals surface area contributed by atoms with Crippen LogP contribution in [-0.2, 0) is 24.1 Å². The van der Waals surface area contributed by atoms with Crippen LogP contribution in [0.2, 0.25) is 0 Å². The summed E-state index contributed by atoms with van der Waals surface area (Å²) in [4.78, 5) is 0. The molecule has 1 heterocycles. The molecule has 32 heavy (non-hydrogen) atoms. The van der Waals surface area contributed by atoms with Gasteiger partial charge in [0.15, 0.2) is 0 Å². The van der Waals surface area contributed by atoms with E-state index in [2.05, 4.69) is 23.1 Å². The Balaban J connectivity index is 2.12. The van der Waals surface area contributed by atoms with E-state index in [1.54, 1.807) is 12.1 Å². The van der Waals surface area contributed by atoms with E-state index in [0.29, 0.717) is 11.5 Å². The van der Waals surface area contributed by atoms with Crippen molar-refractivity contribution >= 4 is 22.3 Å². The van der Waals surface area contributed by atoms with Crippen molar-refractivity contribution in [1.82, 2.24) is 9.29 Å². The number of nitrogens with one attached hydrogen (secondary N) is 1. The van der Waals surface area contributed by atoms with E-state index < -0.39 is 27.8 Å². The molecular formula is C25H31F3N2OS. The lowest BCUT2D eigenvalue weighted by molar-refractivity contribution is -0.137. The van der Waals surface area contributed by atoms with E-state index in [0.717, 1.165) is 29.1 Å². The van der Waals surface area contributed by atoms with Gasteiger partial charge in [0.1, 0.15) is 4.75 Å². The summed E-state index contributed by atoms with van der Waals surface area (Å²) in [6.07, 6.45) is -2.40. The van der Waals surface area contributed by atoms with Crippen LogP contribution in [0.5, 0.6) is 0 Å². The molecule has 0 fully saturated rings. The van der Waals surface area contributed by atoms with Crippen LogP contribution in [0.3, 0.4) is 0 Å². The standard InChI is InChI=1S/C25H31F3N2OS/c1-16(2)14-30-15-21(17(3)29-32(31)24(4,5)6)20-12-11-18(13-23(20)30)19-9-7-8-10-22(19)25(26,27)28/h7-13,15-17,29H,14H2,1-6H3/t17-,32?/m0/s1. The minimum Gasteiger partial charge on any atom is -0.598 e. The summed E-state index contributed by atoms with van der Waals surface area (Å²) in [5.74, 6) is 0.358. The third kappa shape index (κ3) is 5.33. The number of hydrogen-bond donors (Lipinski definition) is 1. The number of nitrogens with zero attached hydrogens (tertiary/aromatic N) is 1. The molecule has 0 radical (unpaired) electrons. The van der Waals surface area contributed by atoms with Gasteiger partial charge in [0.25, 0.3) is 0 Å². The maximum absolute atomic E-state index is 13.6. The lowest BCUT2D eigenvalue weighted by Gasteiger charge is -2.26. The highest BCUT2D eigenvalue weighted by atomic mass is 32.2. The van der Waals surface area contributed by atoms with Crippen molar-refractivity contribution < 1.29 is 17.7 Å². The minimum atomic E-state index is -4.42. The molecule has 174 valence electrons. The lowest BCUT2D eigenvalue weighted by atomic mass is 9.97. The van der Waals surface area contributed by atoms with Crippen LogP contribution >= 0.6 is 0 Å². The molecule has 3 rings (SSSR count). The first kappa shape index (κ1) is 24.7. The van der Waals surface area contributed by atoms with Gasteiger partial charge in [-0.3, -0.25) is 0 Å². The van der Waals surface area contributed by atoms with Gasteiger partial charge >= 0.3 is 6.18 Å². The SMILES string of the molecule is CC(C)Cn1cc([C@H](C)N[S+]([O-])C(C)(C)C)c2ccc(-c3ccccc3C(F)(F)F)cc21. The fourth-order valence-corrected chi connectivity index (χ4v) is 4.56. The number of alkyl halides is 3. The van der Waals surface area contributed by atoms with Gasteiger partial charge in [-0.2, -0.15) is 13.2 Å². The molecule has 7 heteroatoms. The number of halogens is 3. The molecule has 3 nitrogen and oxygen atoms in total. The third-order valence-electron chi connectivity index (χ3n) is 5.32. The summed E-state index contributed by atoms with van der Waals surface area (Å²) in [6.45, 7) is 12.6. The van der Waals surface area contributed by atoms with E-state index in [9.17, 15) is 17.7 Å². The van der Waals surface area contributed by atoms with Crippen molar-refractivity contribution in [3.8, 4) is 11.1 Å². The third-order valence-corrected chi connectivity index (χ3v) is 7.00. The summed E-state index contributed by atoms with van der Waals surface area (Å²) < 4.78 is 58.2. The van der Waals surface area contributed by atoms with Crippen LogP contribution in [0.15, 0.2) is 48.7 Å². The van der Waals surface area contributed by atoms with Gasteiger partial charge in [-0.05, 0) is 62.4 Å². The van der Waals surface area contributed by atoms with Gasteiger partial charge in [-0.15, -0.1) is 4.72 Å². The highest BCUT2D eigenvalue weighted by Crippen LogP contribution is 2.39. The topological polar surface area (TPSA) is 40.0 Å². The Bertz CT molecular complexity index is 1080. The van der Waals surface area contributed by atoms with Crippen molar-refractivity contribution in [2.24, 2.45) is 5.92 Å². The Morgan fingerprint density at radius 1 is 1.03 bits per heavy atom. The Kier molecular flexibility index (Phi) is 7.03. The molecule has 0 spiro atoms. The van der Waals surface area contributed by atoms with E-state index in [1.165, 1.54) is 12.1 Å². The van der Waals surface area contributed by atoms with Crippen molar-refractivity contribution in [2.75, 3.05) is 0 Å². The highest BCUT2D eigenvalue weighted by Gasteiger charge is 2.33. The molecule has 2 atom stereocenters. The van der Waals surface area contributed by atoms with Gasteiger partial charge in [-0.1, -0.05) is 44.2 Å². The average Bonchev–Trinajstić information content (AvgIpc) is 3.04. The van der Waals surface area contributed by atoms with E-state index in [1.807, 2.05) is 46.0 Å². The second-order valence-corrected chi connectivity index (χ2v) is 11.6. The van der Waals surface area contributed by atoms with Gasteiger partial charge in [-0.25, -0.2) is 0 Å². The number of fused-ring (bicyclic) bond motifs is 1. The molecule has 0 amide bonds. The number of aromatic nitrogens is 1. The first-order valence-electron chi connectivity index (χ1n) is 10.8. The fraction of sp³-hybridized carbons (Fsp3) is 0.440. The molecule has 0 aliphatic carbocycles. The molecule has 0 aliphatic heterocycles. The number of hydrogen-bond acceptors (Lipinski definition) is 2. The zero-order valence-corrected chi connectivity index (χ0v) is 20.2. The van der Waals surface area contributed by atoms with Gasteiger partial charge in [0.2, 0.25) is 0 Å². The van der Waals surface area contributed by atoms with E-state index >= 15 is 0 Å². The van der Waals surface area contributed by atoms with Crippen molar-refractivity contribution in [3.05, 3.63) is 59.8 Å². The summed E-state index contributed by atoms with van der Waals surface area (Å²) in [5, 5.41) is 0.949. The van der Waals surface area contributed by atoms with Gasteiger partial charge < -0.3 is 9.12 Å².